The van der Waals surface area contributed by atoms with Crippen LogP contribution in [0.15, 0.2) is 30.8 Å². The maximum Gasteiger partial charge on any atom is 0.119 e. The Morgan fingerprint density at radius 1 is 1.18 bits per heavy atom. The highest BCUT2D eigenvalue weighted by atomic mass is 16.5. The molecule has 1 rings (SSSR count). The number of hydrogen-bond donors (Lipinski definition) is 0. The Labute approximate surface area is 104 Å². The summed E-state index contributed by atoms with van der Waals surface area (Å²) in [6, 6.07) is 7.97. The monoisotopic (exact) mass is 234 g/mol. The molecule has 0 radical (unpaired) electrons. The van der Waals surface area contributed by atoms with Crippen LogP contribution in [0, 0.1) is 0 Å². The van der Waals surface area contributed by atoms with Gasteiger partial charge in [-0.3, -0.25) is 0 Å². The molecule has 17 heavy (non-hydrogen) atoms. The number of rotatable bonds is 9. The summed E-state index contributed by atoms with van der Waals surface area (Å²) < 4.78 is 11.1. The zero-order valence-corrected chi connectivity index (χ0v) is 10.7. The minimum absolute atomic E-state index is 0.746. The molecule has 0 saturated carbocycles. The Bertz CT molecular complexity index is 320. The predicted molar refractivity (Wildman–Crippen MR) is 72.4 cm³/mol. The summed E-state index contributed by atoms with van der Waals surface area (Å²) in [5.41, 5.74) is 1.09. The van der Waals surface area contributed by atoms with Gasteiger partial charge in [-0.2, -0.15) is 0 Å². The topological polar surface area (TPSA) is 18.5 Å². The van der Waals surface area contributed by atoms with Crippen LogP contribution < -0.4 is 4.74 Å². The van der Waals surface area contributed by atoms with E-state index in [0.29, 0.717) is 0 Å². The number of ether oxygens (including phenoxy) is 2. The van der Waals surface area contributed by atoms with E-state index in [1.165, 1.54) is 0 Å². The number of benzene rings is 1. The van der Waals surface area contributed by atoms with Crippen LogP contribution in [-0.4, -0.2) is 19.8 Å². The van der Waals surface area contributed by atoms with Gasteiger partial charge in [-0.05, 0) is 37.0 Å². The largest absolute Gasteiger partial charge is 0.494 e. The molecule has 0 bridgehead atoms. The van der Waals surface area contributed by atoms with Gasteiger partial charge < -0.3 is 9.47 Å². The molecule has 0 aromatic heterocycles. The molecule has 0 aliphatic heterocycles. The second-order valence-electron chi connectivity index (χ2n) is 3.94. The molecule has 0 spiro atoms. The van der Waals surface area contributed by atoms with Crippen molar-refractivity contribution in [2.45, 2.75) is 26.2 Å². The van der Waals surface area contributed by atoms with Gasteiger partial charge in [0.25, 0.3) is 0 Å². The van der Waals surface area contributed by atoms with Crippen molar-refractivity contribution in [3.63, 3.8) is 0 Å². The van der Waals surface area contributed by atoms with Crippen LogP contribution in [0.25, 0.3) is 6.08 Å². The molecule has 0 heterocycles. The Morgan fingerprint density at radius 3 is 2.76 bits per heavy atom. The van der Waals surface area contributed by atoms with Crippen molar-refractivity contribution in [1.29, 1.82) is 0 Å². The molecular formula is C15H22O2. The average Bonchev–Trinajstić information content (AvgIpc) is 2.38. The summed E-state index contributed by atoms with van der Waals surface area (Å²) in [5, 5.41) is 0. The quantitative estimate of drug-likeness (QED) is 0.603. The predicted octanol–water partition coefficient (Wildman–Crippen LogP) is 3.92. The third kappa shape index (κ3) is 6.12. The molecule has 0 fully saturated rings. The lowest BCUT2D eigenvalue weighted by Crippen LogP contribution is -2.01. The molecule has 1 aromatic carbocycles. The lowest BCUT2D eigenvalue weighted by molar-refractivity contribution is 0.127. The molecule has 2 nitrogen and oxygen atoms in total. The molecule has 1 aromatic rings. The van der Waals surface area contributed by atoms with Crippen LogP contribution in [0.4, 0.5) is 0 Å². The molecular weight excluding hydrogens is 212 g/mol. The van der Waals surface area contributed by atoms with Gasteiger partial charge in [-0.15, -0.1) is 0 Å². The Balaban J connectivity index is 2.11. The van der Waals surface area contributed by atoms with E-state index in [-0.39, 0.29) is 0 Å². The van der Waals surface area contributed by atoms with E-state index in [0.717, 1.165) is 50.4 Å². The summed E-state index contributed by atoms with van der Waals surface area (Å²) in [4.78, 5) is 0. The van der Waals surface area contributed by atoms with Crippen LogP contribution in [0.3, 0.4) is 0 Å². The minimum atomic E-state index is 0.746. The molecule has 0 atom stereocenters. The van der Waals surface area contributed by atoms with Crippen molar-refractivity contribution in [3.8, 4) is 5.75 Å². The third-order valence-electron chi connectivity index (χ3n) is 2.39. The summed E-state index contributed by atoms with van der Waals surface area (Å²) in [6.07, 6.45) is 5.00. The van der Waals surface area contributed by atoms with Crippen LogP contribution in [0.5, 0.6) is 5.75 Å². The first kappa shape index (κ1) is 13.8. The van der Waals surface area contributed by atoms with E-state index >= 15 is 0 Å². The van der Waals surface area contributed by atoms with Gasteiger partial charge in [0.15, 0.2) is 0 Å². The maximum absolute atomic E-state index is 5.65. The first-order valence-corrected chi connectivity index (χ1v) is 6.30. The smallest absolute Gasteiger partial charge is 0.119 e. The van der Waals surface area contributed by atoms with Gasteiger partial charge >= 0.3 is 0 Å². The van der Waals surface area contributed by atoms with Crippen molar-refractivity contribution in [2.24, 2.45) is 0 Å². The van der Waals surface area contributed by atoms with Crippen LogP contribution in [-0.2, 0) is 4.74 Å². The zero-order chi connectivity index (χ0) is 12.3. The Kier molecular flexibility index (Phi) is 7.15. The molecule has 0 aliphatic carbocycles. The summed E-state index contributed by atoms with van der Waals surface area (Å²) in [6.45, 7) is 8.31. The maximum atomic E-state index is 5.65. The van der Waals surface area contributed by atoms with E-state index < -0.39 is 0 Å². The van der Waals surface area contributed by atoms with E-state index in [9.17, 15) is 0 Å². The molecule has 0 unspecified atom stereocenters. The summed E-state index contributed by atoms with van der Waals surface area (Å²) in [5.74, 6) is 0.914. The third-order valence-corrected chi connectivity index (χ3v) is 2.39. The summed E-state index contributed by atoms with van der Waals surface area (Å²) in [7, 11) is 0. The lowest BCUT2D eigenvalue weighted by Gasteiger charge is -2.07. The van der Waals surface area contributed by atoms with Crippen molar-refractivity contribution >= 4 is 6.08 Å². The zero-order valence-electron chi connectivity index (χ0n) is 10.7. The van der Waals surface area contributed by atoms with Gasteiger partial charge in [0.05, 0.1) is 6.61 Å². The molecule has 0 N–H and O–H groups in total. The number of hydrogen-bond acceptors (Lipinski definition) is 2. The second-order valence-corrected chi connectivity index (χ2v) is 3.94. The Morgan fingerprint density at radius 2 is 2.00 bits per heavy atom. The fourth-order valence-electron chi connectivity index (χ4n) is 1.47. The van der Waals surface area contributed by atoms with Crippen molar-refractivity contribution < 1.29 is 9.47 Å². The fraction of sp³-hybridized carbons (Fsp3) is 0.467. The van der Waals surface area contributed by atoms with E-state index in [2.05, 4.69) is 13.5 Å². The van der Waals surface area contributed by atoms with Crippen molar-refractivity contribution in [2.75, 3.05) is 19.8 Å². The van der Waals surface area contributed by atoms with Crippen LogP contribution >= 0.6 is 0 Å². The highest BCUT2D eigenvalue weighted by Gasteiger charge is 1.95. The van der Waals surface area contributed by atoms with Gasteiger partial charge in [0, 0.05) is 13.2 Å². The minimum Gasteiger partial charge on any atom is -0.494 e. The van der Waals surface area contributed by atoms with E-state index in [1.807, 2.05) is 30.3 Å². The van der Waals surface area contributed by atoms with Gasteiger partial charge in [0.2, 0.25) is 0 Å². The molecule has 0 saturated heterocycles. The van der Waals surface area contributed by atoms with Gasteiger partial charge in [-0.1, -0.05) is 31.7 Å². The van der Waals surface area contributed by atoms with Crippen LogP contribution in [0.1, 0.15) is 31.7 Å². The molecule has 94 valence electrons. The van der Waals surface area contributed by atoms with Gasteiger partial charge in [-0.25, -0.2) is 0 Å². The molecule has 0 aliphatic rings. The SMILES string of the molecule is C=Cc1cccc(OCCCCOCCC)c1. The highest BCUT2D eigenvalue weighted by Crippen LogP contribution is 2.14. The molecule has 0 amide bonds. The lowest BCUT2D eigenvalue weighted by atomic mass is 10.2. The van der Waals surface area contributed by atoms with E-state index in [4.69, 9.17) is 9.47 Å². The number of unbranched alkanes of at least 4 members (excludes halogenated alkanes) is 1. The van der Waals surface area contributed by atoms with E-state index in [1.54, 1.807) is 0 Å². The van der Waals surface area contributed by atoms with Gasteiger partial charge in [0.1, 0.15) is 5.75 Å². The average molecular weight is 234 g/mol. The first-order valence-electron chi connectivity index (χ1n) is 6.30. The van der Waals surface area contributed by atoms with Crippen molar-refractivity contribution in [1.82, 2.24) is 0 Å². The fourth-order valence-corrected chi connectivity index (χ4v) is 1.47. The second kappa shape index (κ2) is 8.82. The molecule has 2 heteroatoms. The highest BCUT2D eigenvalue weighted by molar-refractivity contribution is 5.49. The normalized spacial score (nSPS) is 10.2. The first-order chi connectivity index (χ1) is 8.36. The standard InChI is InChI=1S/C15H22O2/c1-3-10-16-11-5-6-12-17-15-9-7-8-14(4-2)13-15/h4,7-9,13H,2-3,5-6,10-12H2,1H3. The summed E-state index contributed by atoms with van der Waals surface area (Å²) >= 11 is 0. The van der Waals surface area contributed by atoms with Crippen molar-refractivity contribution in [3.05, 3.63) is 36.4 Å². The van der Waals surface area contributed by atoms with Crippen LogP contribution in [0.2, 0.25) is 0 Å². The Hall–Kier alpha value is -1.28.